The lowest BCUT2D eigenvalue weighted by Gasteiger charge is -2.07. The van der Waals surface area contributed by atoms with Gasteiger partial charge in [-0.3, -0.25) is 0 Å². The van der Waals surface area contributed by atoms with Gasteiger partial charge in [0, 0.05) is 0 Å². The molecular weight excluding hydrogens is 296 g/mol. The van der Waals surface area contributed by atoms with Gasteiger partial charge < -0.3 is 21.3 Å². The van der Waals surface area contributed by atoms with Gasteiger partial charge in [-0.1, -0.05) is 26.7 Å². The molecule has 2 atom stereocenters. The summed E-state index contributed by atoms with van der Waals surface area (Å²) < 4.78 is 0. The molecule has 0 unspecified atom stereocenters. The van der Waals surface area contributed by atoms with Crippen LogP contribution in [0, 0.1) is 11.8 Å². The van der Waals surface area contributed by atoms with Crippen LogP contribution in [0.3, 0.4) is 0 Å². The minimum absolute atomic E-state index is 0.937. The highest BCUT2D eigenvalue weighted by molar-refractivity contribution is 4.89. The molecule has 1 fully saturated rings. The molecule has 4 heteroatoms. The predicted octanol–water partition coefficient (Wildman–Crippen LogP) is 2.75. The monoisotopic (exact) mass is 340 g/mol. The first-order valence-electron chi connectivity index (χ1n) is 10.7. The van der Waals surface area contributed by atoms with Crippen LogP contribution in [0.4, 0.5) is 0 Å². The van der Waals surface area contributed by atoms with Gasteiger partial charge in [-0.25, -0.2) is 0 Å². The fourth-order valence-electron chi connectivity index (χ4n) is 3.19. The average molecular weight is 341 g/mol. The third-order valence-electron chi connectivity index (χ3n) is 5.00. The smallest absolute Gasteiger partial charge is 0.00173 e. The van der Waals surface area contributed by atoms with E-state index in [0.717, 1.165) is 18.4 Å². The van der Waals surface area contributed by atoms with Crippen molar-refractivity contribution in [2.24, 2.45) is 11.8 Å². The second-order valence-electron chi connectivity index (χ2n) is 7.39. The van der Waals surface area contributed by atoms with Gasteiger partial charge in [0.15, 0.2) is 0 Å². The van der Waals surface area contributed by atoms with Crippen molar-refractivity contribution in [3.63, 3.8) is 0 Å². The van der Waals surface area contributed by atoms with Crippen LogP contribution in [0.2, 0.25) is 0 Å². The van der Waals surface area contributed by atoms with Crippen molar-refractivity contribution in [3.8, 4) is 0 Å². The first kappa shape index (κ1) is 21.9. The van der Waals surface area contributed by atoms with Gasteiger partial charge in [0.1, 0.15) is 0 Å². The van der Waals surface area contributed by atoms with Crippen LogP contribution in [0.1, 0.15) is 65.2 Å². The summed E-state index contributed by atoms with van der Waals surface area (Å²) in [5.41, 5.74) is 0. The Morgan fingerprint density at radius 2 is 1.04 bits per heavy atom. The molecule has 144 valence electrons. The second kappa shape index (κ2) is 16.3. The Hall–Kier alpha value is -0.160. The van der Waals surface area contributed by atoms with Crippen molar-refractivity contribution in [3.05, 3.63) is 0 Å². The summed E-state index contributed by atoms with van der Waals surface area (Å²) >= 11 is 0. The van der Waals surface area contributed by atoms with E-state index in [4.69, 9.17) is 0 Å². The minimum Gasteiger partial charge on any atom is -0.317 e. The maximum absolute atomic E-state index is 3.65. The summed E-state index contributed by atoms with van der Waals surface area (Å²) in [5.74, 6) is 1.87. The molecule has 0 aromatic carbocycles. The Bertz CT molecular complexity index is 260. The van der Waals surface area contributed by atoms with E-state index in [1.165, 1.54) is 97.2 Å². The number of hydrogen-bond donors (Lipinski definition) is 4. The van der Waals surface area contributed by atoms with Gasteiger partial charge in [-0.15, -0.1) is 0 Å². The highest BCUT2D eigenvalue weighted by Crippen LogP contribution is 2.36. The molecule has 1 rings (SSSR count). The first-order valence-corrected chi connectivity index (χ1v) is 10.7. The second-order valence-corrected chi connectivity index (χ2v) is 7.39. The summed E-state index contributed by atoms with van der Waals surface area (Å²) in [7, 11) is 0. The standard InChI is InChI=1S/C20H44N4/c1-3-5-6-12-22-13-8-10-15-24-18-20-16-19(20)17-23-14-9-7-11-21-4-2/h19-24H,3-18H2,1-2H3/t19-,20-/m0/s1. The van der Waals surface area contributed by atoms with E-state index in [0.29, 0.717) is 0 Å². The highest BCUT2D eigenvalue weighted by atomic mass is 14.9. The summed E-state index contributed by atoms with van der Waals surface area (Å²) in [6.07, 6.45) is 10.7. The molecule has 1 aliphatic carbocycles. The van der Waals surface area contributed by atoms with E-state index < -0.39 is 0 Å². The molecule has 1 saturated carbocycles. The van der Waals surface area contributed by atoms with Gasteiger partial charge in [-0.05, 0) is 103 Å². The third-order valence-corrected chi connectivity index (χ3v) is 5.00. The lowest BCUT2D eigenvalue weighted by atomic mass is 10.2. The lowest BCUT2D eigenvalue weighted by molar-refractivity contribution is 0.527. The van der Waals surface area contributed by atoms with Gasteiger partial charge in [0.2, 0.25) is 0 Å². The molecule has 0 aromatic rings. The van der Waals surface area contributed by atoms with Gasteiger partial charge in [0.25, 0.3) is 0 Å². The Morgan fingerprint density at radius 1 is 0.583 bits per heavy atom. The average Bonchev–Trinajstić information content (AvgIpc) is 3.34. The quantitative estimate of drug-likeness (QED) is 0.273. The van der Waals surface area contributed by atoms with Gasteiger partial charge >= 0.3 is 0 Å². The Morgan fingerprint density at radius 3 is 1.54 bits per heavy atom. The van der Waals surface area contributed by atoms with Crippen molar-refractivity contribution >= 4 is 0 Å². The lowest BCUT2D eigenvalue weighted by Crippen LogP contribution is -2.24. The van der Waals surface area contributed by atoms with Crippen LogP contribution in [0.5, 0.6) is 0 Å². The number of hydrogen-bond acceptors (Lipinski definition) is 4. The van der Waals surface area contributed by atoms with Crippen molar-refractivity contribution in [1.82, 2.24) is 21.3 Å². The van der Waals surface area contributed by atoms with Crippen molar-refractivity contribution < 1.29 is 0 Å². The minimum atomic E-state index is 0.937. The molecule has 0 radical (unpaired) electrons. The summed E-state index contributed by atoms with van der Waals surface area (Å²) in [4.78, 5) is 0. The van der Waals surface area contributed by atoms with E-state index in [-0.39, 0.29) is 0 Å². The largest absolute Gasteiger partial charge is 0.317 e. The van der Waals surface area contributed by atoms with Crippen LogP contribution in [0.15, 0.2) is 0 Å². The van der Waals surface area contributed by atoms with Crippen LogP contribution in [0.25, 0.3) is 0 Å². The molecule has 1 aliphatic rings. The molecule has 0 bridgehead atoms. The van der Waals surface area contributed by atoms with E-state index in [2.05, 4.69) is 35.1 Å². The van der Waals surface area contributed by atoms with E-state index in [1.807, 2.05) is 0 Å². The maximum Gasteiger partial charge on any atom is -0.00173 e. The fourth-order valence-corrected chi connectivity index (χ4v) is 3.19. The molecule has 0 saturated heterocycles. The third kappa shape index (κ3) is 13.2. The van der Waals surface area contributed by atoms with Crippen molar-refractivity contribution in [2.45, 2.75) is 65.2 Å². The number of unbranched alkanes of at least 4 members (excludes halogenated alkanes) is 4. The fraction of sp³-hybridized carbons (Fsp3) is 1.00. The Balaban J connectivity index is 1.72. The van der Waals surface area contributed by atoms with Crippen LogP contribution >= 0.6 is 0 Å². The molecule has 0 heterocycles. The Kier molecular flexibility index (Phi) is 14.9. The van der Waals surface area contributed by atoms with E-state index >= 15 is 0 Å². The molecular formula is C20H44N4. The first-order chi connectivity index (χ1) is 11.9. The van der Waals surface area contributed by atoms with Crippen LogP contribution in [-0.2, 0) is 0 Å². The van der Waals surface area contributed by atoms with Crippen LogP contribution in [-0.4, -0.2) is 52.4 Å². The topological polar surface area (TPSA) is 48.1 Å². The van der Waals surface area contributed by atoms with E-state index in [9.17, 15) is 0 Å². The maximum atomic E-state index is 3.65. The summed E-state index contributed by atoms with van der Waals surface area (Å²) in [6.45, 7) is 13.9. The molecule has 4 nitrogen and oxygen atoms in total. The SMILES string of the molecule is CCCCCNCCCCNC[C@@H]1C[C@H]1CNCCCCNCC. The summed E-state index contributed by atoms with van der Waals surface area (Å²) in [6, 6.07) is 0. The predicted molar refractivity (Wildman–Crippen MR) is 107 cm³/mol. The molecule has 0 aromatic heterocycles. The zero-order chi connectivity index (χ0) is 17.3. The molecule has 0 amide bonds. The Labute approximate surface area is 151 Å². The number of rotatable bonds is 19. The van der Waals surface area contributed by atoms with E-state index in [1.54, 1.807) is 0 Å². The molecule has 24 heavy (non-hydrogen) atoms. The van der Waals surface area contributed by atoms with Crippen LogP contribution < -0.4 is 21.3 Å². The van der Waals surface area contributed by atoms with Crippen molar-refractivity contribution in [2.75, 3.05) is 52.4 Å². The molecule has 4 N–H and O–H groups in total. The molecule has 0 aliphatic heterocycles. The van der Waals surface area contributed by atoms with Gasteiger partial charge in [-0.2, -0.15) is 0 Å². The van der Waals surface area contributed by atoms with Crippen molar-refractivity contribution in [1.29, 1.82) is 0 Å². The molecule has 0 spiro atoms. The normalized spacial score (nSPS) is 19.8. The number of nitrogens with one attached hydrogen (secondary N) is 4. The highest BCUT2D eigenvalue weighted by Gasteiger charge is 2.35. The van der Waals surface area contributed by atoms with Gasteiger partial charge in [0.05, 0.1) is 0 Å². The summed E-state index contributed by atoms with van der Waals surface area (Å²) in [5, 5.41) is 14.2. The zero-order valence-electron chi connectivity index (χ0n) is 16.5. The zero-order valence-corrected chi connectivity index (χ0v) is 16.5.